The van der Waals surface area contributed by atoms with E-state index < -0.39 is 5.60 Å². The Morgan fingerprint density at radius 1 is 1.30 bits per heavy atom. The van der Waals surface area contributed by atoms with Crippen LogP contribution in [0.2, 0.25) is 0 Å². The van der Waals surface area contributed by atoms with E-state index in [0.29, 0.717) is 6.42 Å². The molecule has 0 unspecified atom stereocenters. The molecule has 3 nitrogen and oxygen atoms in total. The van der Waals surface area contributed by atoms with Gasteiger partial charge >= 0.3 is 0 Å². The van der Waals surface area contributed by atoms with Crippen LogP contribution >= 0.6 is 0 Å². The Bertz CT molecular complexity index is 110. The molecule has 0 aromatic carbocycles. The van der Waals surface area contributed by atoms with Crippen LogP contribution in [0.3, 0.4) is 0 Å². The second-order valence-electron chi connectivity index (χ2n) is 2.22. The molecule has 0 heterocycles. The normalized spacial score (nSPS) is 11.0. The molecule has 0 saturated carbocycles. The highest BCUT2D eigenvalue weighted by Gasteiger charge is 2.23. The van der Waals surface area contributed by atoms with Crippen LogP contribution in [0.5, 0.6) is 0 Å². The summed E-state index contributed by atoms with van der Waals surface area (Å²) < 4.78 is 0. The Balaban J connectivity index is 3.92. The van der Waals surface area contributed by atoms with Crippen molar-refractivity contribution in [3.63, 3.8) is 0 Å². The molecule has 0 fully saturated rings. The molecular formula is C7H10O3. The minimum absolute atomic E-state index is 0.112. The largest absolute Gasteiger partial charge is 0.389 e. The van der Waals surface area contributed by atoms with Gasteiger partial charge in [0.15, 0.2) is 0 Å². The van der Waals surface area contributed by atoms with Gasteiger partial charge < -0.3 is 5.11 Å². The van der Waals surface area contributed by atoms with Crippen LogP contribution in [-0.4, -0.2) is 23.3 Å². The van der Waals surface area contributed by atoms with Gasteiger partial charge in [0.05, 0.1) is 5.60 Å². The number of hydrogen-bond acceptors (Lipinski definition) is 3. The smallest absolute Gasteiger partial charge is 0.201 e. The van der Waals surface area contributed by atoms with Gasteiger partial charge in [-0.2, -0.15) is 0 Å². The molecule has 0 rings (SSSR count). The summed E-state index contributed by atoms with van der Waals surface area (Å²) in [6, 6.07) is 0. The van der Waals surface area contributed by atoms with Crippen LogP contribution in [0.25, 0.3) is 0 Å². The lowest BCUT2D eigenvalue weighted by molar-refractivity contribution is 0.0502. The maximum atomic E-state index is 9.84. The SMILES string of the molecule is CCC(O)(C[C]=O)C[C]=O. The van der Waals surface area contributed by atoms with Crippen molar-refractivity contribution >= 4 is 12.6 Å². The third kappa shape index (κ3) is 2.73. The second kappa shape index (κ2) is 4.17. The highest BCUT2D eigenvalue weighted by Crippen LogP contribution is 2.16. The van der Waals surface area contributed by atoms with Gasteiger partial charge in [0.2, 0.25) is 12.6 Å². The molecule has 0 aliphatic heterocycles. The molecule has 10 heavy (non-hydrogen) atoms. The minimum atomic E-state index is -1.20. The fourth-order valence-corrected chi connectivity index (χ4v) is 0.581. The van der Waals surface area contributed by atoms with Crippen molar-refractivity contribution in [1.82, 2.24) is 0 Å². The first kappa shape index (κ1) is 9.30. The van der Waals surface area contributed by atoms with Gasteiger partial charge in [-0.15, -0.1) is 0 Å². The van der Waals surface area contributed by atoms with Crippen LogP contribution in [0.4, 0.5) is 0 Å². The zero-order valence-electron chi connectivity index (χ0n) is 5.89. The lowest BCUT2D eigenvalue weighted by Gasteiger charge is -2.19. The van der Waals surface area contributed by atoms with E-state index in [-0.39, 0.29) is 12.8 Å². The van der Waals surface area contributed by atoms with E-state index in [1.807, 2.05) is 0 Å². The Labute approximate surface area is 60.0 Å². The van der Waals surface area contributed by atoms with Crippen LogP contribution in [0, 0.1) is 0 Å². The van der Waals surface area contributed by atoms with E-state index in [2.05, 4.69) is 0 Å². The summed E-state index contributed by atoms with van der Waals surface area (Å²) >= 11 is 0. The molecule has 0 aromatic rings. The fourth-order valence-electron chi connectivity index (χ4n) is 0.581. The van der Waals surface area contributed by atoms with E-state index in [0.717, 1.165) is 0 Å². The predicted molar refractivity (Wildman–Crippen MR) is 35.9 cm³/mol. The molecule has 0 aliphatic rings. The minimum Gasteiger partial charge on any atom is -0.389 e. The summed E-state index contributed by atoms with van der Waals surface area (Å²) in [6.07, 6.45) is 3.28. The zero-order valence-corrected chi connectivity index (χ0v) is 5.89. The Morgan fingerprint density at radius 3 is 1.90 bits per heavy atom. The van der Waals surface area contributed by atoms with E-state index in [4.69, 9.17) is 0 Å². The third-order valence-corrected chi connectivity index (χ3v) is 1.46. The molecule has 0 bridgehead atoms. The highest BCUT2D eigenvalue weighted by molar-refractivity contribution is 5.57. The first-order valence-electron chi connectivity index (χ1n) is 3.11. The second-order valence-corrected chi connectivity index (χ2v) is 2.22. The summed E-state index contributed by atoms with van der Waals surface area (Å²) in [5.74, 6) is 0. The standard InChI is InChI=1S/C7H10O3/c1-2-7(10,3-5-8)4-6-9/h10H,2-4H2,1H3. The topological polar surface area (TPSA) is 54.4 Å². The van der Waals surface area contributed by atoms with Gasteiger partial charge in [-0.1, -0.05) is 6.92 Å². The summed E-state index contributed by atoms with van der Waals surface area (Å²) in [4.78, 5) is 19.7. The predicted octanol–water partition coefficient (Wildman–Crippen LogP) is 0.127. The van der Waals surface area contributed by atoms with E-state index >= 15 is 0 Å². The highest BCUT2D eigenvalue weighted by atomic mass is 16.3. The van der Waals surface area contributed by atoms with Crippen LogP contribution < -0.4 is 0 Å². The first-order valence-corrected chi connectivity index (χ1v) is 3.11. The van der Waals surface area contributed by atoms with Gasteiger partial charge in [0.1, 0.15) is 0 Å². The number of aliphatic hydroxyl groups is 1. The Hall–Kier alpha value is -0.700. The monoisotopic (exact) mass is 142 g/mol. The molecule has 0 aliphatic carbocycles. The van der Waals surface area contributed by atoms with Crippen molar-refractivity contribution in [2.45, 2.75) is 31.8 Å². The molecule has 1 N–H and O–H groups in total. The Kier molecular flexibility index (Phi) is 3.88. The van der Waals surface area contributed by atoms with Crippen molar-refractivity contribution in [3.05, 3.63) is 0 Å². The van der Waals surface area contributed by atoms with Gasteiger partial charge in [0.25, 0.3) is 0 Å². The molecule has 2 radical (unpaired) electrons. The molecular weight excluding hydrogens is 132 g/mol. The van der Waals surface area contributed by atoms with Crippen molar-refractivity contribution in [2.24, 2.45) is 0 Å². The zero-order chi connectivity index (χ0) is 8.04. The lowest BCUT2D eigenvalue weighted by Crippen LogP contribution is -2.28. The Morgan fingerprint density at radius 2 is 1.70 bits per heavy atom. The van der Waals surface area contributed by atoms with Crippen molar-refractivity contribution < 1.29 is 14.7 Å². The average molecular weight is 142 g/mol. The molecule has 0 saturated heterocycles. The van der Waals surface area contributed by atoms with Crippen LogP contribution in [0.1, 0.15) is 26.2 Å². The van der Waals surface area contributed by atoms with Crippen molar-refractivity contribution in [3.8, 4) is 0 Å². The maximum absolute atomic E-state index is 9.84. The average Bonchev–Trinajstić information content (AvgIpc) is 1.89. The van der Waals surface area contributed by atoms with Gasteiger partial charge in [-0.3, -0.25) is 9.59 Å². The number of rotatable bonds is 5. The molecule has 0 spiro atoms. The molecule has 0 aromatic heterocycles. The molecule has 0 amide bonds. The number of carbonyl (C=O) groups excluding carboxylic acids is 2. The summed E-state index contributed by atoms with van der Waals surface area (Å²) in [6.45, 7) is 1.70. The quantitative estimate of drug-likeness (QED) is 0.593. The number of hydrogen-bond donors (Lipinski definition) is 1. The molecule has 0 atom stereocenters. The summed E-state index contributed by atoms with van der Waals surface area (Å²) in [5, 5.41) is 9.30. The van der Waals surface area contributed by atoms with Crippen molar-refractivity contribution in [2.75, 3.05) is 0 Å². The lowest BCUT2D eigenvalue weighted by atomic mass is 9.94. The van der Waals surface area contributed by atoms with Gasteiger partial charge in [-0.05, 0) is 6.42 Å². The maximum Gasteiger partial charge on any atom is 0.201 e. The molecule has 3 heteroatoms. The summed E-state index contributed by atoms with van der Waals surface area (Å²) in [7, 11) is 0. The fraction of sp³-hybridized carbons (Fsp3) is 0.714. The third-order valence-electron chi connectivity index (χ3n) is 1.46. The van der Waals surface area contributed by atoms with Crippen LogP contribution in [-0.2, 0) is 9.59 Å². The first-order chi connectivity index (χ1) is 4.68. The summed E-state index contributed by atoms with van der Waals surface area (Å²) in [5.41, 5.74) is -1.20. The van der Waals surface area contributed by atoms with Crippen LogP contribution in [0.15, 0.2) is 0 Å². The molecule has 56 valence electrons. The van der Waals surface area contributed by atoms with Gasteiger partial charge in [-0.25, -0.2) is 0 Å². The van der Waals surface area contributed by atoms with Gasteiger partial charge in [0, 0.05) is 12.8 Å². The van der Waals surface area contributed by atoms with E-state index in [1.54, 1.807) is 19.5 Å². The van der Waals surface area contributed by atoms with Crippen molar-refractivity contribution in [1.29, 1.82) is 0 Å². The van der Waals surface area contributed by atoms with E-state index in [1.165, 1.54) is 0 Å². The van der Waals surface area contributed by atoms with E-state index in [9.17, 15) is 14.7 Å².